The SMILES string of the molecule is CCCCC1CCN(C[C@@H](O)CN2CCC(CC(CC)N3CCC(N(CC)CC)CC3)C(C)C2=O)CC1C. The highest BCUT2D eigenvalue weighted by Crippen LogP contribution is 2.32. The summed E-state index contributed by atoms with van der Waals surface area (Å²) in [6.45, 7) is 22.6. The first kappa shape index (κ1) is 31.8. The number of hydrogen-bond donors (Lipinski definition) is 1. The summed E-state index contributed by atoms with van der Waals surface area (Å²) in [7, 11) is 0. The van der Waals surface area contributed by atoms with Gasteiger partial charge in [0.1, 0.15) is 0 Å². The third kappa shape index (κ3) is 8.65. The predicted molar refractivity (Wildman–Crippen MR) is 159 cm³/mol. The molecule has 0 bridgehead atoms. The van der Waals surface area contributed by atoms with Crippen molar-refractivity contribution in [1.82, 2.24) is 19.6 Å². The topological polar surface area (TPSA) is 50.3 Å². The van der Waals surface area contributed by atoms with Gasteiger partial charge in [-0.25, -0.2) is 0 Å². The minimum absolute atomic E-state index is 0.0625. The molecule has 38 heavy (non-hydrogen) atoms. The maximum atomic E-state index is 13.4. The number of carbonyl (C=O) groups excluding carboxylic acids is 1. The van der Waals surface area contributed by atoms with E-state index in [2.05, 4.69) is 56.2 Å². The van der Waals surface area contributed by atoms with Gasteiger partial charge in [0.15, 0.2) is 0 Å². The van der Waals surface area contributed by atoms with Crippen LogP contribution < -0.4 is 0 Å². The van der Waals surface area contributed by atoms with Gasteiger partial charge in [-0.05, 0) is 89.0 Å². The van der Waals surface area contributed by atoms with Crippen molar-refractivity contribution >= 4 is 5.91 Å². The second kappa shape index (κ2) is 15.9. The molecule has 3 aliphatic heterocycles. The summed E-state index contributed by atoms with van der Waals surface area (Å²) < 4.78 is 0. The molecule has 0 aromatic rings. The minimum atomic E-state index is -0.447. The molecule has 0 radical (unpaired) electrons. The normalized spacial score (nSPS) is 30.2. The molecule has 6 heteroatoms. The van der Waals surface area contributed by atoms with Gasteiger partial charge in [-0.1, -0.05) is 60.8 Å². The number of aliphatic hydroxyl groups is 1. The molecule has 0 aromatic heterocycles. The molecule has 6 nitrogen and oxygen atoms in total. The van der Waals surface area contributed by atoms with Crippen LogP contribution in [0.1, 0.15) is 99.3 Å². The molecule has 1 amide bonds. The van der Waals surface area contributed by atoms with Crippen molar-refractivity contribution in [1.29, 1.82) is 0 Å². The van der Waals surface area contributed by atoms with Crippen molar-refractivity contribution in [3.8, 4) is 0 Å². The zero-order chi connectivity index (χ0) is 27.7. The lowest BCUT2D eigenvalue weighted by Gasteiger charge is -2.44. The highest BCUT2D eigenvalue weighted by Gasteiger charge is 2.37. The van der Waals surface area contributed by atoms with E-state index < -0.39 is 6.10 Å². The number of nitrogens with zero attached hydrogens (tertiary/aromatic N) is 4. The molecule has 6 atom stereocenters. The van der Waals surface area contributed by atoms with Crippen LogP contribution in [0.2, 0.25) is 0 Å². The Morgan fingerprint density at radius 1 is 0.921 bits per heavy atom. The maximum Gasteiger partial charge on any atom is 0.225 e. The minimum Gasteiger partial charge on any atom is -0.390 e. The monoisotopic (exact) mass is 534 g/mol. The number of hydrogen-bond acceptors (Lipinski definition) is 5. The standard InChI is InChI=1S/C32H62N4O2/c1-7-11-12-27-13-17-33(22-25(27)5)23-31(37)24-36-18-14-28(26(6)32(36)38)21-29(8-2)35-19-15-30(16-20-35)34(9-3)10-4/h25-31,37H,7-24H2,1-6H3/t25?,26?,27?,28?,29?,31-/m1/s1. The lowest BCUT2D eigenvalue weighted by Crippen LogP contribution is -2.52. The average Bonchev–Trinajstić information content (AvgIpc) is 2.91. The van der Waals surface area contributed by atoms with E-state index in [9.17, 15) is 9.90 Å². The van der Waals surface area contributed by atoms with E-state index >= 15 is 0 Å². The Morgan fingerprint density at radius 2 is 1.61 bits per heavy atom. The summed E-state index contributed by atoms with van der Waals surface area (Å²) in [4.78, 5) is 23.1. The molecule has 3 fully saturated rings. The fourth-order valence-electron chi connectivity index (χ4n) is 7.91. The fourth-order valence-corrected chi connectivity index (χ4v) is 7.91. The van der Waals surface area contributed by atoms with Crippen molar-refractivity contribution in [2.24, 2.45) is 23.7 Å². The Hall–Kier alpha value is -0.690. The van der Waals surface area contributed by atoms with E-state index in [1.165, 1.54) is 58.0 Å². The van der Waals surface area contributed by atoms with E-state index in [4.69, 9.17) is 0 Å². The number of unbranched alkanes of at least 4 members (excludes halogenated alkanes) is 1. The number of carbonyl (C=O) groups is 1. The molecule has 0 saturated carbocycles. The van der Waals surface area contributed by atoms with Crippen LogP contribution in [-0.4, -0.2) is 108 Å². The summed E-state index contributed by atoms with van der Waals surface area (Å²) in [6, 6.07) is 1.33. The van der Waals surface area contributed by atoms with Gasteiger partial charge in [0.05, 0.1) is 6.10 Å². The number of likely N-dealkylation sites (tertiary alicyclic amines) is 3. The quantitative estimate of drug-likeness (QED) is 0.342. The highest BCUT2D eigenvalue weighted by atomic mass is 16.3. The Morgan fingerprint density at radius 3 is 2.21 bits per heavy atom. The summed E-state index contributed by atoms with van der Waals surface area (Å²) in [5.74, 6) is 2.33. The first-order valence-electron chi connectivity index (χ1n) is 16.5. The molecule has 3 rings (SSSR count). The first-order valence-corrected chi connectivity index (χ1v) is 16.5. The van der Waals surface area contributed by atoms with Gasteiger partial charge in [-0.15, -0.1) is 0 Å². The van der Waals surface area contributed by atoms with Gasteiger partial charge in [0, 0.05) is 44.2 Å². The zero-order valence-electron chi connectivity index (χ0n) is 25.9. The Balaban J connectivity index is 1.42. The number of piperidine rings is 3. The van der Waals surface area contributed by atoms with Gasteiger partial charge >= 0.3 is 0 Å². The molecular weight excluding hydrogens is 472 g/mol. The molecule has 0 aliphatic carbocycles. The molecule has 3 heterocycles. The van der Waals surface area contributed by atoms with Crippen LogP contribution in [0.15, 0.2) is 0 Å². The number of rotatable bonds is 14. The van der Waals surface area contributed by atoms with Crippen LogP contribution in [0.25, 0.3) is 0 Å². The third-order valence-electron chi connectivity index (χ3n) is 10.6. The van der Waals surface area contributed by atoms with Crippen LogP contribution in [0.3, 0.4) is 0 Å². The van der Waals surface area contributed by atoms with Crippen LogP contribution in [0, 0.1) is 23.7 Å². The van der Waals surface area contributed by atoms with Crippen LogP contribution in [-0.2, 0) is 4.79 Å². The van der Waals surface area contributed by atoms with Crippen LogP contribution in [0.5, 0.6) is 0 Å². The van der Waals surface area contributed by atoms with Crippen molar-refractivity contribution in [3.63, 3.8) is 0 Å². The van der Waals surface area contributed by atoms with E-state index in [-0.39, 0.29) is 11.8 Å². The van der Waals surface area contributed by atoms with E-state index in [0.29, 0.717) is 31.0 Å². The van der Waals surface area contributed by atoms with Gasteiger partial charge in [-0.2, -0.15) is 0 Å². The third-order valence-corrected chi connectivity index (χ3v) is 10.6. The lowest BCUT2D eigenvalue weighted by atomic mass is 9.80. The Bertz CT molecular complexity index is 678. The summed E-state index contributed by atoms with van der Waals surface area (Å²) in [5, 5.41) is 10.9. The molecule has 222 valence electrons. The highest BCUT2D eigenvalue weighted by molar-refractivity contribution is 5.79. The molecule has 1 N–H and O–H groups in total. The number of amides is 1. The molecule has 3 aliphatic rings. The Kier molecular flexibility index (Phi) is 13.3. The van der Waals surface area contributed by atoms with Gasteiger partial charge < -0.3 is 24.7 Å². The van der Waals surface area contributed by atoms with E-state index in [1.54, 1.807) is 0 Å². The van der Waals surface area contributed by atoms with Crippen molar-refractivity contribution < 1.29 is 9.90 Å². The molecule has 5 unspecified atom stereocenters. The van der Waals surface area contributed by atoms with Gasteiger partial charge in [0.25, 0.3) is 0 Å². The average molecular weight is 535 g/mol. The molecular formula is C32H62N4O2. The molecule has 3 saturated heterocycles. The van der Waals surface area contributed by atoms with Crippen LogP contribution in [0.4, 0.5) is 0 Å². The number of β-amino-alcohol motifs (C(OH)–C–C–N with tert-alkyl or cyclic N) is 1. The van der Waals surface area contributed by atoms with Crippen molar-refractivity contribution in [2.75, 3.05) is 58.9 Å². The van der Waals surface area contributed by atoms with Crippen molar-refractivity contribution in [3.05, 3.63) is 0 Å². The summed E-state index contributed by atoms with van der Waals surface area (Å²) in [6.07, 6.45) is 10.7. The lowest BCUT2D eigenvalue weighted by molar-refractivity contribution is -0.142. The fraction of sp³-hybridized carbons (Fsp3) is 0.969. The number of aliphatic hydroxyl groups excluding tert-OH is 1. The molecule has 0 aromatic carbocycles. The van der Waals surface area contributed by atoms with Crippen LogP contribution >= 0.6 is 0 Å². The largest absolute Gasteiger partial charge is 0.390 e. The van der Waals surface area contributed by atoms with Gasteiger partial charge in [-0.3, -0.25) is 4.79 Å². The van der Waals surface area contributed by atoms with Gasteiger partial charge in [0.2, 0.25) is 5.91 Å². The Labute approximate surface area is 235 Å². The zero-order valence-corrected chi connectivity index (χ0v) is 25.9. The smallest absolute Gasteiger partial charge is 0.225 e. The maximum absolute atomic E-state index is 13.4. The first-order chi connectivity index (χ1) is 18.3. The molecule has 0 spiro atoms. The second-order valence-electron chi connectivity index (χ2n) is 13.0. The van der Waals surface area contributed by atoms with E-state index in [0.717, 1.165) is 57.5 Å². The van der Waals surface area contributed by atoms with Crippen molar-refractivity contribution in [2.45, 2.75) is 118 Å². The predicted octanol–water partition coefficient (Wildman–Crippen LogP) is 4.96. The second-order valence-corrected chi connectivity index (χ2v) is 13.0. The summed E-state index contributed by atoms with van der Waals surface area (Å²) >= 11 is 0. The van der Waals surface area contributed by atoms with E-state index in [1.807, 2.05) is 4.90 Å². The summed E-state index contributed by atoms with van der Waals surface area (Å²) in [5.41, 5.74) is 0.